The van der Waals surface area contributed by atoms with Gasteiger partial charge >= 0.3 is 0 Å². The number of benzene rings is 1. The summed E-state index contributed by atoms with van der Waals surface area (Å²) >= 11 is 0. The topological polar surface area (TPSA) is 55.1 Å². The molecular formula is C12H17FN2O. The fourth-order valence-electron chi connectivity index (χ4n) is 1.44. The van der Waals surface area contributed by atoms with Crippen LogP contribution in [0.4, 0.5) is 4.39 Å². The SMILES string of the molecule is Cc1cc(F)cc(C(=O)NCCCCN)c1. The Bertz CT molecular complexity index is 346. The molecule has 1 aromatic rings. The molecule has 0 aromatic heterocycles. The van der Waals surface area contributed by atoms with Crippen molar-refractivity contribution in [1.82, 2.24) is 5.32 Å². The van der Waals surface area contributed by atoms with Gasteiger partial charge in [0.25, 0.3) is 5.91 Å². The number of unbranched alkanes of at least 4 members (excludes halogenated alkanes) is 1. The highest BCUT2D eigenvalue weighted by Crippen LogP contribution is 2.08. The van der Waals surface area contributed by atoms with E-state index in [2.05, 4.69) is 5.32 Å². The van der Waals surface area contributed by atoms with E-state index < -0.39 is 0 Å². The van der Waals surface area contributed by atoms with Crippen molar-refractivity contribution in [2.45, 2.75) is 19.8 Å². The van der Waals surface area contributed by atoms with Gasteiger partial charge in [-0.3, -0.25) is 4.79 Å². The lowest BCUT2D eigenvalue weighted by molar-refractivity contribution is 0.0952. The van der Waals surface area contributed by atoms with Gasteiger partial charge in [-0.25, -0.2) is 4.39 Å². The molecule has 1 rings (SSSR count). The van der Waals surface area contributed by atoms with E-state index in [1.165, 1.54) is 12.1 Å². The molecule has 0 heterocycles. The Labute approximate surface area is 94.8 Å². The second-order valence-corrected chi connectivity index (χ2v) is 3.77. The fourth-order valence-corrected chi connectivity index (χ4v) is 1.44. The van der Waals surface area contributed by atoms with E-state index in [4.69, 9.17) is 5.73 Å². The lowest BCUT2D eigenvalue weighted by Crippen LogP contribution is -2.25. The summed E-state index contributed by atoms with van der Waals surface area (Å²) in [6, 6.07) is 4.30. The first-order valence-electron chi connectivity index (χ1n) is 5.39. The second-order valence-electron chi connectivity index (χ2n) is 3.77. The van der Waals surface area contributed by atoms with Crippen LogP contribution >= 0.6 is 0 Å². The van der Waals surface area contributed by atoms with Gasteiger partial charge in [0.2, 0.25) is 0 Å². The molecule has 1 amide bonds. The average molecular weight is 224 g/mol. The molecule has 3 nitrogen and oxygen atoms in total. The maximum atomic E-state index is 13.0. The number of carbonyl (C=O) groups is 1. The minimum absolute atomic E-state index is 0.236. The van der Waals surface area contributed by atoms with Gasteiger partial charge in [-0.05, 0) is 50.1 Å². The van der Waals surface area contributed by atoms with Crippen molar-refractivity contribution in [2.24, 2.45) is 5.73 Å². The van der Waals surface area contributed by atoms with Crippen molar-refractivity contribution < 1.29 is 9.18 Å². The zero-order chi connectivity index (χ0) is 12.0. The van der Waals surface area contributed by atoms with Crippen molar-refractivity contribution in [3.05, 3.63) is 35.1 Å². The summed E-state index contributed by atoms with van der Waals surface area (Å²) in [5.74, 6) is -0.619. The molecule has 0 aliphatic rings. The zero-order valence-corrected chi connectivity index (χ0v) is 9.42. The Hall–Kier alpha value is -1.42. The number of rotatable bonds is 5. The number of nitrogens with one attached hydrogen (secondary N) is 1. The summed E-state index contributed by atoms with van der Waals surface area (Å²) in [6.45, 7) is 2.95. The largest absolute Gasteiger partial charge is 0.352 e. The number of hydrogen-bond donors (Lipinski definition) is 2. The van der Waals surface area contributed by atoms with E-state index in [9.17, 15) is 9.18 Å². The number of nitrogens with two attached hydrogens (primary N) is 1. The van der Waals surface area contributed by atoms with Crippen LogP contribution < -0.4 is 11.1 Å². The summed E-state index contributed by atoms with van der Waals surface area (Å²) in [5.41, 5.74) is 6.44. The van der Waals surface area contributed by atoms with Crippen LogP contribution in [0.15, 0.2) is 18.2 Å². The van der Waals surface area contributed by atoms with Gasteiger partial charge in [-0.2, -0.15) is 0 Å². The van der Waals surface area contributed by atoms with Gasteiger partial charge < -0.3 is 11.1 Å². The first-order chi connectivity index (χ1) is 7.63. The standard InChI is InChI=1S/C12H17FN2O/c1-9-6-10(8-11(13)7-9)12(16)15-5-3-2-4-14/h6-8H,2-5,14H2,1H3,(H,15,16). The van der Waals surface area contributed by atoms with Crippen LogP contribution in [0.25, 0.3) is 0 Å². The molecule has 0 unspecified atom stereocenters. The Morgan fingerprint density at radius 2 is 2.12 bits per heavy atom. The van der Waals surface area contributed by atoms with E-state index in [0.717, 1.165) is 18.4 Å². The minimum Gasteiger partial charge on any atom is -0.352 e. The predicted octanol–water partition coefficient (Wildman–Crippen LogP) is 1.60. The van der Waals surface area contributed by atoms with E-state index in [-0.39, 0.29) is 11.7 Å². The first-order valence-corrected chi connectivity index (χ1v) is 5.39. The van der Waals surface area contributed by atoms with E-state index >= 15 is 0 Å². The Morgan fingerprint density at radius 1 is 1.38 bits per heavy atom. The maximum absolute atomic E-state index is 13.0. The van der Waals surface area contributed by atoms with Gasteiger partial charge in [-0.1, -0.05) is 0 Å². The second kappa shape index (κ2) is 6.23. The lowest BCUT2D eigenvalue weighted by atomic mass is 10.1. The van der Waals surface area contributed by atoms with Crippen molar-refractivity contribution in [2.75, 3.05) is 13.1 Å². The van der Waals surface area contributed by atoms with Gasteiger partial charge in [0, 0.05) is 12.1 Å². The van der Waals surface area contributed by atoms with Crippen LogP contribution in [0.5, 0.6) is 0 Å². The third-order valence-electron chi connectivity index (χ3n) is 2.22. The molecule has 0 bridgehead atoms. The molecule has 4 heteroatoms. The molecule has 0 aliphatic carbocycles. The molecule has 0 saturated carbocycles. The van der Waals surface area contributed by atoms with Crippen molar-refractivity contribution in [3.8, 4) is 0 Å². The van der Waals surface area contributed by atoms with Crippen LogP contribution in [0.3, 0.4) is 0 Å². The Kier molecular flexibility index (Phi) is 4.92. The quantitative estimate of drug-likeness (QED) is 0.746. The monoisotopic (exact) mass is 224 g/mol. The van der Waals surface area contributed by atoms with E-state index in [1.54, 1.807) is 13.0 Å². The van der Waals surface area contributed by atoms with Crippen LogP contribution in [0.1, 0.15) is 28.8 Å². The highest BCUT2D eigenvalue weighted by atomic mass is 19.1. The van der Waals surface area contributed by atoms with E-state index in [1.807, 2.05) is 0 Å². The van der Waals surface area contributed by atoms with Crippen molar-refractivity contribution in [1.29, 1.82) is 0 Å². The molecule has 0 aliphatic heterocycles. The van der Waals surface area contributed by atoms with Crippen molar-refractivity contribution in [3.63, 3.8) is 0 Å². The third-order valence-corrected chi connectivity index (χ3v) is 2.22. The van der Waals surface area contributed by atoms with E-state index in [0.29, 0.717) is 18.7 Å². The number of halogens is 1. The summed E-state index contributed by atoms with van der Waals surface area (Å²) in [4.78, 5) is 11.6. The molecule has 0 radical (unpaired) electrons. The van der Waals surface area contributed by atoms with Gasteiger partial charge in [-0.15, -0.1) is 0 Å². The molecule has 0 fully saturated rings. The summed E-state index contributed by atoms with van der Waals surface area (Å²) in [5, 5.41) is 2.73. The number of aryl methyl sites for hydroxylation is 1. The summed E-state index contributed by atoms with van der Waals surface area (Å²) in [6.07, 6.45) is 1.72. The molecule has 88 valence electrons. The fraction of sp³-hybridized carbons (Fsp3) is 0.417. The molecule has 0 spiro atoms. The Morgan fingerprint density at radius 3 is 2.75 bits per heavy atom. The van der Waals surface area contributed by atoms with Crippen LogP contribution in [-0.4, -0.2) is 19.0 Å². The average Bonchev–Trinajstić information content (AvgIpc) is 2.22. The normalized spacial score (nSPS) is 10.2. The predicted molar refractivity (Wildman–Crippen MR) is 61.8 cm³/mol. The number of hydrogen-bond acceptors (Lipinski definition) is 2. The molecule has 0 atom stereocenters. The highest BCUT2D eigenvalue weighted by molar-refractivity contribution is 5.94. The van der Waals surface area contributed by atoms with Crippen molar-refractivity contribution >= 4 is 5.91 Å². The van der Waals surface area contributed by atoms with Gasteiger partial charge in [0.15, 0.2) is 0 Å². The van der Waals surface area contributed by atoms with Crippen LogP contribution in [0.2, 0.25) is 0 Å². The number of amides is 1. The summed E-state index contributed by atoms with van der Waals surface area (Å²) < 4.78 is 13.0. The highest BCUT2D eigenvalue weighted by Gasteiger charge is 2.06. The molecular weight excluding hydrogens is 207 g/mol. The minimum atomic E-state index is -0.382. The van der Waals surface area contributed by atoms with Gasteiger partial charge in [0.05, 0.1) is 0 Å². The molecule has 1 aromatic carbocycles. The zero-order valence-electron chi connectivity index (χ0n) is 9.42. The first kappa shape index (κ1) is 12.6. The maximum Gasteiger partial charge on any atom is 0.251 e. The molecule has 16 heavy (non-hydrogen) atoms. The smallest absolute Gasteiger partial charge is 0.251 e. The van der Waals surface area contributed by atoms with Crippen LogP contribution in [0, 0.1) is 12.7 Å². The number of carbonyl (C=O) groups excluding carboxylic acids is 1. The lowest BCUT2D eigenvalue weighted by Gasteiger charge is -2.05. The Balaban J connectivity index is 2.52. The van der Waals surface area contributed by atoms with Gasteiger partial charge in [0.1, 0.15) is 5.82 Å². The van der Waals surface area contributed by atoms with Crippen LogP contribution in [-0.2, 0) is 0 Å². The third kappa shape index (κ3) is 3.98. The summed E-state index contributed by atoms with van der Waals surface area (Å²) in [7, 11) is 0. The molecule has 0 saturated heterocycles. The molecule has 3 N–H and O–H groups in total.